The second kappa shape index (κ2) is 52.0. The highest BCUT2D eigenvalue weighted by Crippen LogP contribution is 2.17. The van der Waals surface area contributed by atoms with Gasteiger partial charge in [-0.25, -0.2) is 0 Å². The number of rotatable bonds is 52. The molecule has 0 spiro atoms. The van der Waals surface area contributed by atoms with Crippen molar-refractivity contribution in [2.75, 3.05) is 13.2 Å². The van der Waals surface area contributed by atoms with Crippen LogP contribution in [0.4, 0.5) is 0 Å². The van der Waals surface area contributed by atoms with Gasteiger partial charge in [0.15, 0.2) is 6.10 Å². The Hall–Kier alpha value is -1.59. The van der Waals surface area contributed by atoms with Crippen LogP contribution in [0.2, 0.25) is 0 Å². The van der Waals surface area contributed by atoms with E-state index in [1.807, 2.05) is 0 Å². The lowest BCUT2D eigenvalue weighted by atomic mass is 10.0. The zero-order chi connectivity index (χ0) is 45.1. The highest BCUT2D eigenvalue weighted by molar-refractivity contribution is 5.71. The summed E-state index contributed by atoms with van der Waals surface area (Å²) in [5, 5.41) is 0. The maximum absolute atomic E-state index is 12.8. The van der Waals surface area contributed by atoms with Crippen LogP contribution in [0.15, 0.2) is 0 Å². The van der Waals surface area contributed by atoms with E-state index in [-0.39, 0.29) is 31.1 Å². The molecule has 6 heteroatoms. The Morgan fingerprint density at radius 1 is 0.258 bits per heavy atom. The van der Waals surface area contributed by atoms with E-state index < -0.39 is 6.10 Å². The molecular weight excluding hydrogens is 769 g/mol. The van der Waals surface area contributed by atoms with Crippen LogP contribution in [0.5, 0.6) is 0 Å². The van der Waals surface area contributed by atoms with Gasteiger partial charge in [0.05, 0.1) is 0 Å². The molecule has 62 heavy (non-hydrogen) atoms. The number of unbranched alkanes of at least 4 members (excludes halogenated alkanes) is 41. The van der Waals surface area contributed by atoms with Gasteiger partial charge < -0.3 is 14.2 Å². The third-order valence-corrected chi connectivity index (χ3v) is 12.9. The quantitative estimate of drug-likeness (QED) is 0.0344. The topological polar surface area (TPSA) is 78.9 Å². The monoisotopic (exact) mass is 877 g/mol. The number of hydrogen-bond acceptors (Lipinski definition) is 6. The van der Waals surface area contributed by atoms with E-state index in [0.717, 1.165) is 57.8 Å². The second-order valence-electron chi connectivity index (χ2n) is 19.2. The molecular formula is C56H108O6. The number of ether oxygens (including phenoxy) is 3. The smallest absolute Gasteiger partial charge is 0.306 e. The van der Waals surface area contributed by atoms with Crippen molar-refractivity contribution in [3.8, 4) is 0 Å². The first-order chi connectivity index (χ1) is 30.5. The summed E-state index contributed by atoms with van der Waals surface area (Å²) in [4.78, 5) is 38.1. The minimum atomic E-state index is -0.760. The predicted molar refractivity (Wildman–Crippen MR) is 266 cm³/mol. The molecule has 0 saturated carbocycles. The molecule has 1 atom stereocenters. The van der Waals surface area contributed by atoms with E-state index in [4.69, 9.17) is 14.2 Å². The summed E-state index contributed by atoms with van der Waals surface area (Å²) >= 11 is 0. The van der Waals surface area contributed by atoms with E-state index in [0.29, 0.717) is 19.3 Å². The molecule has 0 aliphatic heterocycles. The van der Waals surface area contributed by atoms with Crippen LogP contribution in [0, 0.1) is 0 Å². The maximum Gasteiger partial charge on any atom is 0.306 e. The first kappa shape index (κ1) is 60.4. The van der Waals surface area contributed by atoms with Gasteiger partial charge >= 0.3 is 17.9 Å². The van der Waals surface area contributed by atoms with Gasteiger partial charge in [0, 0.05) is 19.3 Å². The van der Waals surface area contributed by atoms with Gasteiger partial charge in [0.2, 0.25) is 0 Å². The summed E-state index contributed by atoms with van der Waals surface area (Å²) in [5.41, 5.74) is 0. The molecule has 0 bridgehead atoms. The fourth-order valence-electron chi connectivity index (χ4n) is 8.62. The van der Waals surface area contributed by atoms with Crippen LogP contribution in [-0.2, 0) is 28.6 Å². The van der Waals surface area contributed by atoms with E-state index in [9.17, 15) is 14.4 Å². The van der Waals surface area contributed by atoms with Gasteiger partial charge in [-0.05, 0) is 19.3 Å². The largest absolute Gasteiger partial charge is 0.462 e. The summed E-state index contributed by atoms with van der Waals surface area (Å²) in [6.07, 6.45) is 56.5. The Bertz CT molecular complexity index is 920. The molecule has 0 aromatic carbocycles. The number of carbonyl (C=O) groups excluding carboxylic acids is 3. The molecule has 0 fully saturated rings. The molecule has 0 rings (SSSR count). The summed E-state index contributed by atoms with van der Waals surface area (Å²) in [6, 6.07) is 0. The highest BCUT2D eigenvalue weighted by atomic mass is 16.6. The standard InChI is InChI=1S/C56H108O6/c1-4-7-10-13-16-19-22-25-28-31-34-37-40-43-46-49-55(58)61-52-53(51-60-54(57)48-45-42-39-36-33-30-27-24-21-18-15-12-9-6-3)62-56(59)50-47-44-41-38-35-32-29-26-23-20-17-14-11-8-5-2/h53H,4-52H2,1-3H3/t53-/m0/s1. The first-order valence-corrected chi connectivity index (χ1v) is 28.0. The Balaban J connectivity index is 4.30. The lowest BCUT2D eigenvalue weighted by Gasteiger charge is -2.18. The van der Waals surface area contributed by atoms with Crippen LogP contribution < -0.4 is 0 Å². The molecule has 368 valence electrons. The van der Waals surface area contributed by atoms with E-state index in [1.165, 1.54) is 225 Å². The zero-order valence-electron chi connectivity index (χ0n) is 42.2. The van der Waals surface area contributed by atoms with Crippen molar-refractivity contribution < 1.29 is 28.6 Å². The van der Waals surface area contributed by atoms with Gasteiger partial charge in [-0.3, -0.25) is 14.4 Å². The third-order valence-electron chi connectivity index (χ3n) is 12.9. The number of esters is 3. The van der Waals surface area contributed by atoms with Crippen LogP contribution in [0.25, 0.3) is 0 Å². The summed E-state index contributed by atoms with van der Waals surface area (Å²) < 4.78 is 16.9. The van der Waals surface area contributed by atoms with Crippen molar-refractivity contribution in [1.82, 2.24) is 0 Å². The van der Waals surface area contributed by atoms with Gasteiger partial charge in [-0.2, -0.15) is 0 Å². The maximum atomic E-state index is 12.8. The first-order valence-electron chi connectivity index (χ1n) is 28.0. The lowest BCUT2D eigenvalue weighted by Crippen LogP contribution is -2.30. The molecule has 0 heterocycles. The average molecular weight is 877 g/mol. The molecule has 0 amide bonds. The van der Waals surface area contributed by atoms with Crippen molar-refractivity contribution in [2.45, 2.75) is 329 Å². The lowest BCUT2D eigenvalue weighted by molar-refractivity contribution is -0.167. The van der Waals surface area contributed by atoms with E-state index >= 15 is 0 Å². The number of hydrogen-bond donors (Lipinski definition) is 0. The minimum Gasteiger partial charge on any atom is -0.462 e. The molecule has 0 N–H and O–H groups in total. The van der Waals surface area contributed by atoms with E-state index in [2.05, 4.69) is 20.8 Å². The van der Waals surface area contributed by atoms with Gasteiger partial charge in [-0.1, -0.05) is 284 Å². The van der Waals surface area contributed by atoms with Crippen LogP contribution >= 0.6 is 0 Å². The summed E-state index contributed by atoms with van der Waals surface area (Å²) in [6.45, 7) is 6.70. The molecule has 0 aliphatic rings. The van der Waals surface area contributed by atoms with Crippen molar-refractivity contribution in [2.24, 2.45) is 0 Å². The molecule has 0 aromatic heterocycles. The van der Waals surface area contributed by atoms with Gasteiger partial charge in [-0.15, -0.1) is 0 Å². The van der Waals surface area contributed by atoms with Gasteiger partial charge in [0.25, 0.3) is 0 Å². The zero-order valence-corrected chi connectivity index (χ0v) is 42.2. The number of carbonyl (C=O) groups is 3. The van der Waals surface area contributed by atoms with Crippen LogP contribution in [0.3, 0.4) is 0 Å². The molecule has 0 aromatic rings. The Morgan fingerprint density at radius 3 is 0.645 bits per heavy atom. The van der Waals surface area contributed by atoms with Crippen molar-refractivity contribution in [1.29, 1.82) is 0 Å². The average Bonchev–Trinajstić information content (AvgIpc) is 3.27. The predicted octanol–water partition coefficient (Wildman–Crippen LogP) is 18.4. The van der Waals surface area contributed by atoms with Crippen LogP contribution in [0.1, 0.15) is 323 Å². The van der Waals surface area contributed by atoms with Crippen molar-refractivity contribution >= 4 is 17.9 Å². The summed E-state index contributed by atoms with van der Waals surface area (Å²) in [7, 11) is 0. The molecule has 0 saturated heterocycles. The Morgan fingerprint density at radius 2 is 0.435 bits per heavy atom. The Kier molecular flexibility index (Phi) is 50.7. The Labute approximate surface area is 387 Å². The molecule has 0 unspecified atom stereocenters. The fourth-order valence-corrected chi connectivity index (χ4v) is 8.62. The SMILES string of the molecule is CCCCCCCCCCCCCCCCCC(=O)OC[C@H](COC(=O)CCCCCCCCCCCCCCCC)OC(=O)CCCCCCCCCCCCCCCCC. The van der Waals surface area contributed by atoms with Crippen molar-refractivity contribution in [3.63, 3.8) is 0 Å². The molecule has 0 radical (unpaired) electrons. The minimum absolute atomic E-state index is 0.0612. The fraction of sp³-hybridized carbons (Fsp3) is 0.946. The normalized spacial score (nSPS) is 11.9. The summed E-state index contributed by atoms with van der Waals surface area (Å²) in [5.74, 6) is -0.834. The third kappa shape index (κ3) is 49.4. The highest BCUT2D eigenvalue weighted by Gasteiger charge is 2.19. The molecule has 0 aliphatic carbocycles. The van der Waals surface area contributed by atoms with Crippen molar-refractivity contribution in [3.05, 3.63) is 0 Å². The van der Waals surface area contributed by atoms with Gasteiger partial charge in [0.1, 0.15) is 13.2 Å². The molecule has 6 nitrogen and oxygen atoms in total. The van der Waals surface area contributed by atoms with Crippen LogP contribution in [-0.4, -0.2) is 37.2 Å². The van der Waals surface area contributed by atoms with E-state index in [1.54, 1.807) is 0 Å². The second-order valence-corrected chi connectivity index (χ2v) is 19.2.